The molecular weight excluding hydrogens is 484 g/mol. The van der Waals surface area contributed by atoms with Crippen LogP contribution in [-0.2, 0) is 0 Å². The first kappa shape index (κ1) is 20.6. The number of para-hydroxylation sites is 2. The van der Waals surface area contributed by atoms with Crippen molar-refractivity contribution in [1.29, 1.82) is 0 Å². The molecule has 0 saturated carbocycles. The van der Waals surface area contributed by atoms with Crippen LogP contribution in [-0.4, -0.2) is 19.5 Å². The lowest BCUT2D eigenvalue weighted by molar-refractivity contribution is 0.444. The van der Waals surface area contributed by atoms with E-state index in [1.54, 1.807) is 0 Å². The smallest absolute Gasteiger partial charge is 0.164 e. The fraction of sp³-hybridized carbons (Fsp3) is 0. The monoisotopic (exact) mass is 502 g/mol. The Hall–Kier alpha value is -5.49. The van der Waals surface area contributed by atoms with Gasteiger partial charge in [0.25, 0.3) is 0 Å². The fourth-order valence-corrected chi connectivity index (χ4v) is 5.70. The van der Waals surface area contributed by atoms with Crippen molar-refractivity contribution in [2.24, 2.45) is 0 Å². The molecule has 5 aromatic carbocycles. The quantitative estimate of drug-likeness (QED) is 0.244. The lowest BCUT2D eigenvalue weighted by atomic mass is 10.1. The van der Waals surface area contributed by atoms with Crippen LogP contribution < -0.4 is 9.47 Å². The van der Waals surface area contributed by atoms with Gasteiger partial charge in [-0.05, 0) is 30.3 Å². The molecule has 9 rings (SSSR count). The summed E-state index contributed by atoms with van der Waals surface area (Å²) in [5.41, 5.74) is 5.73. The molecule has 0 N–H and O–H groups in total. The molecule has 0 aliphatic carbocycles. The van der Waals surface area contributed by atoms with E-state index in [4.69, 9.17) is 24.4 Å². The summed E-state index contributed by atoms with van der Waals surface area (Å²) in [6.07, 6.45) is 0. The normalized spacial score (nSPS) is 12.5. The standard InChI is InChI=1S/C33H18N4O2/c1-3-9-19(10-4-1)31-34-32(20-11-5-2-6-12-20)36-33(35-31)21-17-23-22-13-7-14-24-28(22)37-29(23)27(18-21)39-26-16-8-15-25(38-24)30(26)37/h1-18H. The van der Waals surface area contributed by atoms with E-state index in [1.807, 2.05) is 97.1 Å². The summed E-state index contributed by atoms with van der Waals surface area (Å²) in [7, 11) is 0. The number of rotatable bonds is 3. The Morgan fingerprint density at radius 1 is 0.436 bits per heavy atom. The Morgan fingerprint density at radius 2 is 0.974 bits per heavy atom. The summed E-state index contributed by atoms with van der Waals surface area (Å²) < 4.78 is 15.1. The molecule has 0 fully saturated rings. The molecule has 2 aliphatic heterocycles. The fourth-order valence-electron chi connectivity index (χ4n) is 5.70. The minimum Gasteiger partial charge on any atom is -0.453 e. The molecule has 0 bridgehead atoms. The van der Waals surface area contributed by atoms with Gasteiger partial charge in [0.2, 0.25) is 0 Å². The predicted molar refractivity (Wildman–Crippen MR) is 151 cm³/mol. The van der Waals surface area contributed by atoms with Crippen LogP contribution in [0.25, 0.3) is 61.7 Å². The van der Waals surface area contributed by atoms with Crippen LogP contribution in [0.15, 0.2) is 109 Å². The van der Waals surface area contributed by atoms with Gasteiger partial charge in [-0.25, -0.2) is 15.0 Å². The van der Waals surface area contributed by atoms with Crippen LogP contribution in [0.3, 0.4) is 0 Å². The summed E-state index contributed by atoms with van der Waals surface area (Å²) >= 11 is 0. The van der Waals surface area contributed by atoms with Crippen LogP contribution in [0, 0.1) is 0 Å². The van der Waals surface area contributed by atoms with Crippen molar-refractivity contribution in [2.45, 2.75) is 0 Å². The minimum atomic E-state index is 0.590. The second-order valence-electron chi connectivity index (χ2n) is 9.70. The van der Waals surface area contributed by atoms with Crippen LogP contribution in [0.5, 0.6) is 23.0 Å². The molecule has 2 aromatic heterocycles. The maximum atomic E-state index is 6.51. The van der Waals surface area contributed by atoms with E-state index < -0.39 is 0 Å². The highest BCUT2D eigenvalue weighted by Gasteiger charge is 2.32. The Kier molecular flexibility index (Phi) is 3.96. The third-order valence-corrected chi connectivity index (χ3v) is 7.39. The summed E-state index contributed by atoms with van der Waals surface area (Å²) in [6.45, 7) is 0. The third kappa shape index (κ3) is 2.88. The van der Waals surface area contributed by atoms with Gasteiger partial charge in [0, 0.05) is 27.5 Å². The van der Waals surface area contributed by atoms with Gasteiger partial charge >= 0.3 is 0 Å². The molecule has 0 unspecified atom stereocenters. The first-order valence-corrected chi connectivity index (χ1v) is 12.8. The van der Waals surface area contributed by atoms with E-state index in [1.165, 1.54) is 0 Å². The van der Waals surface area contributed by atoms with Crippen molar-refractivity contribution >= 4 is 21.8 Å². The second kappa shape index (κ2) is 7.52. The molecule has 39 heavy (non-hydrogen) atoms. The molecule has 0 radical (unpaired) electrons. The van der Waals surface area contributed by atoms with Gasteiger partial charge in [0.05, 0.1) is 11.0 Å². The molecule has 6 nitrogen and oxygen atoms in total. The lowest BCUT2D eigenvalue weighted by Gasteiger charge is -2.27. The largest absolute Gasteiger partial charge is 0.453 e. The third-order valence-electron chi connectivity index (χ3n) is 7.39. The molecule has 7 aromatic rings. The summed E-state index contributed by atoms with van der Waals surface area (Å²) in [4.78, 5) is 14.7. The molecule has 6 heteroatoms. The van der Waals surface area contributed by atoms with Crippen molar-refractivity contribution in [2.75, 3.05) is 0 Å². The minimum absolute atomic E-state index is 0.590. The van der Waals surface area contributed by atoms with Gasteiger partial charge in [0.1, 0.15) is 5.69 Å². The molecular formula is C33H18N4O2. The molecule has 182 valence electrons. The zero-order valence-electron chi connectivity index (χ0n) is 20.5. The summed E-state index contributed by atoms with van der Waals surface area (Å²) in [5.74, 6) is 4.99. The van der Waals surface area contributed by atoms with Crippen LogP contribution in [0.4, 0.5) is 0 Å². The first-order chi connectivity index (χ1) is 19.3. The first-order valence-electron chi connectivity index (χ1n) is 12.8. The summed E-state index contributed by atoms with van der Waals surface area (Å²) in [6, 6.07) is 36.3. The number of aromatic nitrogens is 4. The van der Waals surface area contributed by atoms with E-state index in [-0.39, 0.29) is 0 Å². The van der Waals surface area contributed by atoms with Crippen molar-refractivity contribution < 1.29 is 9.47 Å². The number of nitrogens with zero attached hydrogens (tertiary/aromatic N) is 4. The molecule has 0 amide bonds. The number of hydrogen-bond donors (Lipinski definition) is 0. The average Bonchev–Trinajstić information content (AvgIpc) is 3.34. The zero-order chi connectivity index (χ0) is 25.5. The van der Waals surface area contributed by atoms with Gasteiger partial charge in [0.15, 0.2) is 40.5 Å². The van der Waals surface area contributed by atoms with Gasteiger partial charge in [-0.3, -0.25) is 4.57 Å². The van der Waals surface area contributed by atoms with Crippen LogP contribution >= 0.6 is 0 Å². The predicted octanol–water partition coefficient (Wildman–Crippen LogP) is 8.18. The van der Waals surface area contributed by atoms with Crippen LogP contribution in [0.1, 0.15) is 0 Å². The number of hydrogen-bond acceptors (Lipinski definition) is 5. The van der Waals surface area contributed by atoms with Crippen molar-refractivity contribution in [3.05, 3.63) is 109 Å². The second-order valence-corrected chi connectivity index (χ2v) is 9.70. The highest BCUT2D eigenvalue weighted by Crippen LogP contribution is 2.54. The molecule has 0 atom stereocenters. The Labute approximate surface area is 222 Å². The average molecular weight is 503 g/mol. The van der Waals surface area contributed by atoms with E-state index >= 15 is 0 Å². The van der Waals surface area contributed by atoms with Crippen molar-refractivity contribution in [3.8, 4) is 62.8 Å². The SMILES string of the molecule is c1ccc(-c2nc(-c3ccccc3)nc(-c3cc4c5c(c3)c3cccc6c3n5-c3c(cccc3O4)O6)n2)cc1. The number of benzene rings is 5. The van der Waals surface area contributed by atoms with E-state index in [9.17, 15) is 0 Å². The van der Waals surface area contributed by atoms with Crippen molar-refractivity contribution in [1.82, 2.24) is 19.5 Å². The lowest BCUT2D eigenvalue weighted by Crippen LogP contribution is -2.09. The maximum Gasteiger partial charge on any atom is 0.164 e. The molecule has 0 spiro atoms. The Bertz CT molecular complexity index is 2060. The van der Waals surface area contributed by atoms with Gasteiger partial charge in [-0.15, -0.1) is 0 Å². The maximum absolute atomic E-state index is 6.51. The molecule has 4 heterocycles. The number of fused-ring (bicyclic) bond motifs is 1. The van der Waals surface area contributed by atoms with Gasteiger partial charge in [-0.2, -0.15) is 0 Å². The van der Waals surface area contributed by atoms with E-state index in [0.717, 1.165) is 67.2 Å². The topological polar surface area (TPSA) is 62.1 Å². The summed E-state index contributed by atoms with van der Waals surface area (Å²) in [5, 5.41) is 2.16. The van der Waals surface area contributed by atoms with Crippen molar-refractivity contribution in [3.63, 3.8) is 0 Å². The van der Waals surface area contributed by atoms with Gasteiger partial charge in [-0.1, -0.05) is 78.9 Å². The van der Waals surface area contributed by atoms with E-state index in [2.05, 4.69) is 16.7 Å². The highest BCUT2D eigenvalue weighted by atomic mass is 16.5. The van der Waals surface area contributed by atoms with Crippen LogP contribution in [0.2, 0.25) is 0 Å². The zero-order valence-corrected chi connectivity index (χ0v) is 20.5. The Morgan fingerprint density at radius 3 is 1.64 bits per heavy atom. The highest BCUT2D eigenvalue weighted by molar-refractivity contribution is 6.15. The Balaban J connectivity index is 1.35. The van der Waals surface area contributed by atoms with E-state index in [0.29, 0.717) is 17.5 Å². The van der Waals surface area contributed by atoms with Gasteiger partial charge < -0.3 is 9.47 Å². The molecule has 2 aliphatic rings. The number of ether oxygens (including phenoxy) is 2. The molecule has 0 saturated heterocycles.